The van der Waals surface area contributed by atoms with E-state index in [-0.39, 0.29) is 5.78 Å². The highest BCUT2D eigenvalue weighted by molar-refractivity contribution is 7.21. The normalized spacial score (nSPS) is 10.8. The molecule has 3 nitrogen and oxygen atoms in total. The summed E-state index contributed by atoms with van der Waals surface area (Å²) in [6.45, 7) is 2.01. The maximum absolute atomic E-state index is 13.2. The lowest BCUT2D eigenvalue weighted by atomic mass is 9.97. The standard InChI is InChI=1S/C22H17NO2S/c1-14-7-9-15(10-8-14)21(24)18-13-16(25-2)11-12-17(18)22-23-19-5-3-4-6-20(19)26-22/h3-13H,1-2H3. The summed E-state index contributed by atoms with van der Waals surface area (Å²) in [7, 11) is 1.60. The third-order valence-corrected chi connectivity index (χ3v) is 5.38. The summed E-state index contributed by atoms with van der Waals surface area (Å²) < 4.78 is 6.44. The molecule has 4 heteroatoms. The van der Waals surface area contributed by atoms with E-state index in [4.69, 9.17) is 9.72 Å². The Bertz CT molecular complexity index is 1060. The molecule has 0 aliphatic heterocycles. The molecule has 0 spiro atoms. The monoisotopic (exact) mass is 359 g/mol. The number of ether oxygens (including phenoxy) is 1. The number of para-hydroxylation sites is 1. The highest BCUT2D eigenvalue weighted by Crippen LogP contribution is 2.34. The van der Waals surface area contributed by atoms with E-state index >= 15 is 0 Å². The van der Waals surface area contributed by atoms with Crippen molar-refractivity contribution < 1.29 is 9.53 Å². The second kappa shape index (κ2) is 6.73. The molecule has 0 aliphatic rings. The topological polar surface area (TPSA) is 39.2 Å². The van der Waals surface area contributed by atoms with Gasteiger partial charge >= 0.3 is 0 Å². The summed E-state index contributed by atoms with van der Waals surface area (Å²) in [6.07, 6.45) is 0. The van der Waals surface area contributed by atoms with E-state index in [1.165, 1.54) is 0 Å². The Kier molecular flexibility index (Phi) is 4.27. The SMILES string of the molecule is COc1ccc(-c2nc3ccccc3s2)c(C(=O)c2ccc(C)cc2)c1. The molecule has 0 atom stereocenters. The van der Waals surface area contributed by atoms with Crippen molar-refractivity contribution in [2.24, 2.45) is 0 Å². The van der Waals surface area contributed by atoms with Gasteiger partial charge in [0, 0.05) is 16.7 Å². The van der Waals surface area contributed by atoms with Gasteiger partial charge in [-0.25, -0.2) is 4.98 Å². The molecule has 1 aromatic heterocycles. The van der Waals surface area contributed by atoms with Gasteiger partial charge in [-0.1, -0.05) is 42.0 Å². The Morgan fingerprint density at radius 2 is 1.77 bits per heavy atom. The highest BCUT2D eigenvalue weighted by atomic mass is 32.1. The van der Waals surface area contributed by atoms with Crippen molar-refractivity contribution in [2.75, 3.05) is 7.11 Å². The Hall–Kier alpha value is -2.98. The summed E-state index contributed by atoms with van der Waals surface area (Å²) in [5, 5.41) is 0.837. The smallest absolute Gasteiger partial charge is 0.193 e. The van der Waals surface area contributed by atoms with Gasteiger partial charge in [-0.05, 0) is 37.3 Å². The van der Waals surface area contributed by atoms with E-state index in [1.807, 2.05) is 67.6 Å². The zero-order valence-corrected chi connectivity index (χ0v) is 15.3. The number of methoxy groups -OCH3 is 1. The molecule has 0 saturated carbocycles. The van der Waals surface area contributed by atoms with Gasteiger partial charge in [0.15, 0.2) is 5.78 Å². The number of aryl methyl sites for hydroxylation is 1. The first-order valence-corrected chi connectivity index (χ1v) is 9.13. The van der Waals surface area contributed by atoms with Crippen molar-refractivity contribution in [3.05, 3.63) is 83.4 Å². The predicted molar refractivity (Wildman–Crippen MR) is 106 cm³/mol. The Morgan fingerprint density at radius 3 is 2.50 bits per heavy atom. The van der Waals surface area contributed by atoms with E-state index < -0.39 is 0 Å². The van der Waals surface area contributed by atoms with Crippen LogP contribution in [0.2, 0.25) is 0 Å². The average molecular weight is 359 g/mol. The van der Waals surface area contributed by atoms with Crippen molar-refractivity contribution >= 4 is 27.3 Å². The molecule has 0 fully saturated rings. The number of rotatable bonds is 4. The number of nitrogens with zero attached hydrogens (tertiary/aromatic N) is 1. The lowest BCUT2D eigenvalue weighted by molar-refractivity contribution is 0.103. The van der Waals surface area contributed by atoms with E-state index in [1.54, 1.807) is 24.5 Å². The van der Waals surface area contributed by atoms with Crippen LogP contribution in [-0.4, -0.2) is 17.9 Å². The molecular weight excluding hydrogens is 342 g/mol. The number of fused-ring (bicyclic) bond motifs is 1. The van der Waals surface area contributed by atoms with Crippen molar-refractivity contribution in [3.63, 3.8) is 0 Å². The second-order valence-electron chi connectivity index (χ2n) is 6.09. The van der Waals surface area contributed by atoms with Gasteiger partial charge in [0.1, 0.15) is 10.8 Å². The molecule has 128 valence electrons. The molecule has 0 bridgehead atoms. The van der Waals surface area contributed by atoms with Crippen LogP contribution in [0.15, 0.2) is 66.7 Å². The van der Waals surface area contributed by atoms with Gasteiger partial charge in [0.25, 0.3) is 0 Å². The predicted octanol–water partition coefficient (Wildman–Crippen LogP) is 5.51. The fraction of sp³-hybridized carbons (Fsp3) is 0.0909. The van der Waals surface area contributed by atoms with Crippen LogP contribution in [-0.2, 0) is 0 Å². The van der Waals surface area contributed by atoms with Gasteiger partial charge in [-0.15, -0.1) is 11.3 Å². The summed E-state index contributed by atoms with van der Waals surface area (Å²) >= 11 is 1.59. The first-order chi connectivity index (χ1) is 12.7. The maximum atomic E-state index is 13.2. The molecule has 3 aromatic carbocycles. The van der Waals surface area contributed by atoms with Crippen molar-refractivity contribution in [1.82, 2.24) is 4.98 Å². The molecule has 26 heavy (non-hydrogen) atoms. The zero-order chi connectivity index (χ0) is 18.1. The largest absolute Gasteiger partial charge is 0.497 e. The van der Waals surface area contributed by atoms with Crippen molar-refractivity contribution in [2.45, 2.75) is 6.92 Å². The number of carbonyl (C=O) groups is 1. The molecule has 4 rings (SSSR count). The number of benzene rings is 3. The quantitative estimate of drug-likeness (QED) is 0.451. The van der Waals surface area contributed by atoms with Gasteiger partial charge in [0.05, 0.1) is 17.3 Å². The Labute approximate surface area is 155 Å². The van der Waals surface area contributed by atoms with Gasteiger partial charge in [-0.3, -0.25) is 4.79 Å². The molecule has 0 saturated heterocycles. The number of hydrogen-bond donors (Lipinski definition) is 0. The van der Waals surface area contributed by atoms with Crippen LogP contribution >= 0.6 is 11.3 Å². The lowest BCUT2D eigenvalue weighted by Crippen LogP contribution is -2.04. The number of hydrogen-bond acceptors (Lipinski definition) is 4. The van der Waals surface area contributed by atoms with Crippen LogP contribution in [0.1, 0.15) is 21.5 Å². The van der Waals surface area contributed by atoms with Crippen LogP contribution < -0.4 is 4.74 Å². The minimum Gasteiger partial charge on any atom is -0.497 e. The summed E-state index contributed by atoms with van der Waals surface area (Å²) in [6, 6.07) is 21.2. The van der Waals surface area contributed by atoms with E-state index in [0.717, 1.165) is 26.4 Å². The average Bonchev–Trinajstić information content (AvgIpc) is 3.11. The third-order valence-electron chi connectivity index (χ3n) is 4.31. The van der Waals surface area contributed by atoms with Crippen LogP contribution in [0, 0.1) is 6.92 Å². The minimum absolute atomic E-state index is 0.0295. The van der Waals surface area contributed by atoms with Gasteiger partial charge < -0.3 is 4.74 Å². The van der Waals surface area contributed by atoms with Crippen LogP contribution in [0.3, 0.4) is 0 Å². The van der Waals surface area contributed by atoms with Crippen molar-refractivity contribution in [3.8, 4) is 16.3 Å². The molecule has 0 aliphatic carbocycles. The molecule has 0 unspecified atom stereocenters. The summed E-state index contributed by atoms with van der Waals surface area (Å²) in [5.41, 5.74) is 4.16. The molecule has 0 radical (unpaired) electrons. The zero-order valence-electron chi connectivity index (χ0n) is 14.5. The molecule has 4 aromatic rings. The van der Waals surface area contributed by atoms with Crippen LogP contribution in [0.5, 0.6) is 5.75 Å². The van der Waals surface area contributed by atoms with Crippen molar-refractivity contribution in [1.29, 1.82) is 0 Å². The number of thiazole rings is 1. The molecule has 1 heterocycles. The van der Waals surface area contributed by atoms with E-state index in [2.05, 4.69) is 0 Å². The minimum atomic E-state index is -0.0295. The summed E-state index contributed by atoms with van der Waals surface area (Å²) in [5.74, 6) is 0.628. The molecular formula is C22H17NO2S. The maximum Gasteiger partial charge on any atom is 0.193 e. The van der Waals surface area contributed by atoms with E-state index in [0.29, 0.717) is 16.9 Å². The van der Waals surface area contributed by atoms with Crippen LogP contribution in [0.25, 0.3) is 20.8 Å². The first-order valence-electron chi connectivity index (χ1n) is 8.31. The molecule has 0 N–H and O–H groups in total. The first kappa shape index (κ1) is 16.5. The Balaban J connectivity index is 1.87. The second-order valence-corrected chi connectivity index (χ2v) is 7.12. The van der Waals surface area contributed by atoms with Gasteiger partial charge in [0.2, 0.25) is 0 Å². The van der Waals surface area contributed by atoms with Gasteiger partial charge in [-0.2, -0.15) is 0 Å². The lowest BCUT2D eigenvalue weighted by Gasteiger charge is -2.09. The fourth-order valence-electron chi connectivity index (χ4n) is 2.87. The van der Waals surface area contributed by atoms with E-state index in [9.17, 15) is 4.79 Å². The highest BCUT2D eigenvalue weighted by Gasteiger charge is 2.18. The number of ketones is 1. The van der Waals surface area contributed by atoms with Crippen LogP contribution in [0.4, 0.5) is 0 Å². The number of carbonyl (C=O) groups excluding carboxylic acids is 1. The third kappa shape index (κ3) is 3.00. The molecule has 0 amide bonds. The Morgan fingerprint density at radius 1 is 1.00 bits per heavy atom. The fourth-order valence-corrected chi connectivity index (χ4v) is 3.88. The summed E-state index contributed by atoms with van der Waals surface area (Å²) in [4.78, 5) is 17.9. The number of aromatic nitrogens is 1.